The fraction of sp³-hybridized carbons (Fsp3) is 0.105. The molecule has 0 atom stereocenters. The van der Waals surface area contributed by atoms with Gasteiger partial charge in [0.2, 0.25) is 0 Å². The van der Waals surface area contributed by atoms with E-state index in [-0.39, 0.29) is 24.8 Å². The predicted molar refractivity (Wildman–Crippen MR) is 101 cm³/mol. The topological polar surface area (TPSA) is 9.23 Å². The van der Waals surface area contributed by atoms with Crippen LogP contribution in [0, 0.1) is 0 Å². The van der Waals surface area contributed by atoms with Gasteiger partial charge < -0.3 is 0 Å². The van der Waals surface area contributed by atoms with Crippen LogP contribution in [-0.2, 0) is 17.8 Å². The average Bonchev–Trinajstić information content (AvgIpc) is 2.95. The Labute approximate surface area is 156 Å². The molecule has 0 unspecified atom stereocenters. The molecule has 1 aliphatic carbocycles. The average molecular weight is 383 g/mol. The first kappa shape index (κ1) is 19.9. The van der Waals surface area contributed by atoms with Crippen molar-refractivity contribution in [2.75, 3.05) is 0 Å². The van der Waals surface area contributed by atoms with Gasteiger partial charge in [-0.1, -0.05) is 0 Å². The monoisotopic (exact) mass is 382 g/mol. The SMILES string of the molecule is Cl.Cl.[CH2]=[Ti]([O]c1cccc(-c2ccccc2)c1)[C]1=C(C)C=CC1. The predicted octanol–water partition coefficient (Wildman–Crippen LogP) is 5.78. The third kappa shape index (κ3) is 4.93. The zero-order valence-corrected chi connectivity index (χ0v) is 16.2. The molecule has 0 saturated carbocycles. The van der Waals surface area contributed by atoms with Gasteiger partial charge in [0.05, 0.1) is 0 Å². The van der Waals surface area contributed by atoms with Gasteiger partial charge >= 0.3 is 132 Å². The van der Waals surface area contributed by atoms with Gasteiger partial charge in [0.25, 0.3) is 0 Å². The van der Waals surface area contributed by atoms with Crippen molar-refractivity contribution >= 4 is 29.6 Å². The fourth-order valence-electron chi connectivity index (χ4n) is 2.52. The van der Waals surface area contributed by atoms with Crippen molar-refractivity contribution in [1.82, 2.24) is 0 Å². The van der Waals surface area contributed by atoms with E-state index in [2.05, 4.69) is 66.4 Å². The van der Waals surface area contributed by atoms with Gasteiger partial charge in [-0.2, -0.15) is 0 Å². The van der Waals surface area contributed by atoms with Crippen LogP contribution in [0.3, 0.4) is 0 Å². The molecule has 120 valence electrons. The van der Waals surface area contributed by atoms with Gasteiger partial charge in [-0.15, -0.1) is 24.8 Å². The van der Waals surface area contributed by atoms with Gasteiger partial charge in [-0.25, -0.2) is 0 Å². The number of benzene rings is 2. The van der Waals surface area contributed by atoms with Crippen molar-refractivity contribution in [3.8, 4) is 16.9 Å². The minimum absolute atomic E-state index is 0. The van der Waals surface area contributed by atoms with E-state index < -0.39 is 17.8 Å². The number of hydrogen-bond donors (Lipinski definition) is 0. The van der Waals surface area contributed by atoms with E-state index in [1.807, 2.05) is 12.1 Å². The minimum atomic E-state index is -1.88. The molecule has 1 nitrogen and oxygen atoms in total. The van der Waals surface area contributed by atoms with Crippen LogP contribution in [0.1, 0.15) is 13.3 Å². The molecular formula is C19H20Cl2OTi. The molecule has 0 saturated heterocycles. The van der Waals surface area contributed by atoms with Crippen molar-refractivity contribution in [3.63, 3.8) is 0 Å². The maximum atomic E-state index is 6.19. The van der Waals surface area contributed by atoms with Crippen LogP contribution in [0.25, 0.3) is 11.1 Å². The molecule has 0 radical (unpaired) electrons. The molecule has 1 aliphatic rings. The molecular weight excluding hydrogens is 363 g/mol. The van der Waals surface area contributed by atoms with E-state index in [0.717, 1.165) is 12.2 Å². The van der Waals surface area contributed by atoms with Crippen molar-refractivity contribution in [3.05, 3.63) is 76.2 Å². The molecule has 0 fully saturated rings. The summed E-state index contributed by atoms with van der Waals surface area (Å²) < 4.78 is 7.62. The number of hydrogen-bond acceptors (Lipinski definition) is 1. The summed E-state index contributed by atoms with van der Waals surface area (Å²) in [6.45, 7) is 2.15. The first-order chi connectivity index (χ1) is 10.2. The molecule has 3 rings (SSSR count). The second-order valence-electron chi connectivity index (χ2n) is 5.19. The van der Waals surface area contributed by atoms with Crippen LogP contribution < -0.4 is 3.32 Å². The molecule has 0 amide bonds. The Morgan fingerprint density at radius 1 is 0.957 bits per heavy atom. The molecule has 0 N–H and O–H groups in total. The Morgan fingerprint density at radius 3 is 2.30 bits per heavy atom. The quantitative estimate of drug-likeness (QED) is 0.609. The Hall–Kier alpha value is -1.12. The summed E-state index contributed by atoms with van der Waals surface area (Å²) in [5, 5.41) is 0. The van der Waals surface area contributed by atoms with Gasteiger partial charge in [0, 0.05) is 0 Å². The van der Waals surface area contributed by atoms with Crippen LogP contribution in [0.2, 0.25) is 0 Å². The third-order valence-corrected chi connectivity index (χ3v) is 6.42. The van der Waals surface area contributed by atoms with E-state index >= 15 is 0 Å². The van der Waals surface area contributed by atoms with Crippen LogP contribution in [0.15, 0.2) is 76.2 Å². The van der Waals surface area contributed by atoms with Crippen molar-refractivity contribution in [2.45, 2.75) is 13.3 Å². The summed E-state index contributed by atoms with van der Waals surface area (Å²) in [5.41, 5.74) is 3.75. The van der Waals surface area contributed by atoms with Crippen LogP contribution in [-0.4, -0.2) is 4.82 Å². The summed E-state index contributed by atoms with van der Waals surface area (Å²) >= 11 is -1.88. The molecule has 2 aromatic rings. The first-order valence-electron chi connectivity index (χ1n) is 7.13. The van der Waals surface area contributed by atoms with Crippen molar-refractivity contribution in [1.29, 1.82) is 0 Å². The summed E-state index contributed by atoms with van der Waals surface area (Å²) in [7, 11) is 0. The Morgan fingerprint density at radius 2 is 1.65 bits per heavy atom. The number of halogens is 2. The molecule has 23 heavy (non-hydrogen) atoms. The number of allylic oxidation sites excluding steroid dienone is 4. The normalized spacial score (nSPS) is 12.4. The second-order valence-corrected chi connectivity index (χ2v) is 7.77. The van der Waals surface area contributed by atoms with Gasteiger partial charge in [0.1, 0.15) is 0 Å². The van der Waals surface area contributed by atoms with Gasteiger partial charge in [0.15, 0.2) is 0 Å². The van der Waals surface area contributed by atoms with E-state index in [4.69, 9.17) is 3.32 Å². The molecule has 2 aromatic carbocycles. The van der Waals surface area contributed by atoms with Gasteiger partial charge in [-0.05, 0) is 0 Å². The zero-order valence-electron chi connectivity index (χ0n) is 13.0. The van der Waals surface area contributed by atoms with Crippen LogP contribution in [0.5, 0.6) is 5.75 Å². The molecule has 0 heterocycles. The maximum absolute atomic E-state index is 6.19. The Balaban J connectivity index is 0.00000132. The van der Waals surface area contributed by atoms with Gasteiger partial charge in [-0.3, -0.25) is 0 Å². The van der Waals surface area contributed by atoms with Crippen LogP contribution in [0.4, 0.5) is 0 Å². The molecule has 0 spiro atoms. The molecule has 0 aromatic heterocycles. The second kappa shape index (κ2) is 9.25. The van der Waals surface area contributed by atoms with Crippen LogP contribution >= 0.6 is 24.8 Å². The standard InChI is InChI=1S/C12H10O.C6H7.CH2.2ClH.Ti/c13-12-8-4-7-11(9-12)10-5-2-1-3-6-10;1-6-4-2-3-5-6;;;;/h1-9,13H;2,4H,3H2,1H3;1H2;2*1H;/q;;;;;+1/p-1. The van der Waals surface area contributed by atoms with E-state index in [0.29, 0.717) is 0 Å². The summed E-state index contributed by atoms with van der Waals surface area (Å²) in [5.74, 6) is 0.938. The Kier molecular flexibility index (Phi) is 8.01. The van der Waals surface area contributed by atoms with E-state index in [1.54, 1.807) is 0 Å². The first-order valence-corrected chi connectivity index (χ1v) is 9.65. The zero-order chi connectivity index (χ0) is 14.7. The summed E-state index contributed by atoms with van der Waals surface area (Å²) in [6.07, 6.45) is 5.40. The molecule has 4 heteroatoms. The summed E-state index contributed by atoms with van der Waals surface area (Å²) in [6, 6.07) is 18.7. The number of rotatable bonds is 4. The van der Waals surface area contributed by atoms with Crippen molar-refractivity contribution in [2.24, 2.45) is 0 Å². The molecule has 0 aliphatic heterocycles. The third-order valence-electron chi connectivity index (χ3n) is 3.68. The Bertz CT molecular complexity index is 736. The fourth-order valence-corrected chi connectivity index (χ4v) is 4.71. The molecule has 0 bridgehead atoms. The van der Waals surface area contributed by atoms with E-state index in [1.165, 1.54) is 20.6 Å². The van der Waals surface area contributed by atoms with Crippen molar-refractivity contribution < 1.29 is 21.1 Å². The summed E-state index contributed by atoms with van der Waals surface area (Å²) in [4.78, 5) is 4.31. The van der Waals surface area contributed by atoms with E-state index in [9.17, 15) is 0 Å².